The molecule has 4 rings (SSSR count). The third kappa shape index (κ3) is 2.96. The van der Waals surface area contributed by atoms with Gasteiger partial charge in [-0.15, -0.1) is 0 Å². The van der Waals surface area contributed by atoms with Crippen LogP contribution in [0.1, 0.15) is 34.2 Å². The molecule has 0 unspecified atom stereocenters. The predicted octanol–water partition coefficient (Wildman–Crippen LogP) is 3.42. The molecule has 0 fully saturated rings. The second-order valence-electron chi connectivity index (χ2n) is 6.06. The van der Waals surface area contributed by atoms with E-state index in [9.17, 15) is 4.79 Å². The summed E-state index contributed by atoms with van der Waals surface area (Å²) >= 11 is 6.08. The van der Waals surface area contributed by atoms with Crippen molar-refractivity contribution in [2.45, 2.75) is 26.3 Å². The van der Waals surface area contributed by atoms with Gasteiger partial charge in [-0.25, -0.2) is 4.98 Å². The lowest BCUT2D eigenvalue weighted by Crippen LogP contribution is -2.25. The molecule has 0 saturated carbocycles. The molecular formula is C19H18ClN3O2. The van der Waals surface area contributed by atoms with E-state index in [1.807, 2.05) is 25.1 Å². The normalized spacial score (nSPS) is 12.9. The molecule has 1 aliphatic heterocycles. The lowest BCUT2D eigenvalue weighted by molar-refractivity contribution is 0.0944. The van der Waals surface area contributed by atoms with Crippen LogP contribution in [0.2, 0.25) is 5.02 Å². The molecule has 25 heavy (non-hydrogen) atoms. The lowest BCUT2D eigenvalue weighted by atomic mass is 10.1. The molecule has 1 N–H and O–H groups in total. The maximum absolute atomic E-state index is 12.8. The summed E-state index contributed by atoms with van der Waals surface area (Å²) in [6, 6.07) is 9.64. The van der Waals surface area contributed by atoms with Crippen LogP contribution in [0.3, 0.4) is 0 Å². The van der Waals surface area contributed by atoms with Gasteiger partial charge in [0.05, 0.1) is 17.3 Å². The fraction of sp³-hybridized carbons (Fsp3) is 0.263. The predicted molar refractivity (Wildman–Crippen MR) is 96.4 cm³/mol. The summed E-state index contributed by atoms with van der Waals surface area (Å²) in [6.07, 6.45) is 3.33. The van der Waals surface area contributed by atoms with E-state index >= 15 is 0 Å². The van der Waals surface area contributed by atoms with Crippen LogP contribution >= 0.6 is 11.6 Å². The summed E-state index contributed by atoms with van der Waals surface area (Å²) in [5.41, 5.74) is 4.29. The topological polar surface area (TPSA) is 55.6 Å². The summed E-state index contributed by atoms with van der Waals surface area (Å²) in [5, 5.41) is 3.56. The molecule has 3 aromatic rings. The van der Waals surface area contributed by atoms with Crippen LogP contribution < -0.4 is 10.1 Å². The number of amides is 1. The van der Waals surface area contributed by atoms with Crippen LogP contribution in [0.15, 0.2) is 36.5 Å². The third-order valence-electron chi connectivity index (χ3n) is 4.41. The summed E-state index contributed by atoms with van der Waals surface area (Å²) in [5.74, 6) is 0.795. The summed E-state index contributed by atoms with van der Waals surface area (Å²) in [4.78, 5) is 17.3. The van der Waals surface area contributed by atoms with Gasteiger partial charge in [0.15, 0.2) is 0 Å². The van der Waals surface area contributed by atoms with Gasteiger partial charge in [0.25, 0.3) is 5.91 Å². The van der Waals surface area contributed by atoms with Crippen LogP contribution in [0.4, 0.5) is 0 Å². The minimum absolute atomic E-state index is 0.150. The maximum atomic E-state index is 12.8. The molecule has 0 aliphatic carbocycles. The average molecular weight is 356 g/mol. The zero-order chi connectivity index (χ0) is 17.4. The number of imidazole rings is 1. The second kappa shape index (κ2) is 6.41. The molecule has 1 aliphatic rings. The van der Waals surface area contributed by atoms with Gasteiger partial charge in [0.1, 0.15) is 17.1 Å². The van der Waals surface area contributed by atoms with Gasteiger partial charge in [0, 0.05) is 19.2 Å². The fourth-order valence-corrected chi connectivity index (χ4v) is 3.33. The first-order chi connectivity index (χ1) is 12.2. The standard InChI is InChI=1S/C19H18ClN3O2/c1-2-15-18(23-11-14(20)4-6-17(23)22-15)19(24)21-10-12-3-5-16-13(9-12)7-8-25-16/h3-6,9,11H,2,7-8,10H2,1H3,(H,21,24). The molecule has 0 spiro atoms. The number of pyridine rings is 1. The monoisotopic (exact) mass is 355 g/mol. The van der Waals surface area contributed by atoms with E-state index in [-0.39, 0.29) is 5.91 Å². The largest absolute Gasteiger partial charge is 0.493 e. The van der Waals surface area contributed by atoms with Gasteiger partial charge in [-0.05, 0) is 35.7 Å². The maximum Gasteiger partial charge on any atom is 0.270 e. The molecule has 2 aromatic heterocycles. The van der Waals surface area contributed by atoms with Crippen LogP contribution in [0.5, 0.6) is 5.75 Å². The molecule has 0 bridgehead atoms. The van der Waals surface area contributed by atoms with Crippen LogP contribution in [0, 0.1) is 0 Å². The van der Waals surface area contributed by atoms with Crippen molar-refractivity contribution in [2.24, 2.45) is 0 Å². The molecule has 128 valence electrons. The first-order valence-corrected chi connectivity index (χ1v) is 8.73. The Bertz CT molecular complexity index is 965. The third-order valence-corrected chi connectivity index (χ3v) is 4.64. The van der Waals surface area contributed by atoms with E-state index < -0.39 is 0 Å². The number of aromatic nitrogens is 2. The zero-order valence-electron chi connectivity index (χ0n) is 13.9. The van der Waals surface area contributed by atoms with Gasteiger partial charge in [-0.3, -0.25) is 9.20 Å². The number of nitrogens with zero attached hydrogens (tertiary/aromatic N) is 2. The Morgan fingerprint density at radius 2 is 2.24 bits per heavy atom. The number of rotatable bonds is 4. The minimum atomic E-state index is -0.150. The number of fused-ring (bicyclic) bond motifs is 2. The number of benzene rings is 1. The number of aryl methyl sites for hydroxylation is 1. The molecule has 3 heterocycles. The lowest BCUT2D eigenvalue weighted by Gasteiger charge is -2.08. The van der Waals surface area contributed by atoms with Crippen molar-refractivity contribution in [3.8, 4) is 5.75 Å². The van der Waals surface area contributed by atoms with E-state index in [1.54, 1.807) is 16.7 Å². The van der Waals surface area contributed by atoms with Gasteiger partial charge in [-0.1, -0.05) is 30.7 Å². The minimum Gasteiger partial charge on any atom is -0.493 e. The molecule has 6 heteroatoms. The van der Waals surface area contributed by atoms with Gasteiger partial charge >= 0.3 is 0 Å². The van der Waals surface area contributed by atoms with E-state index in [2.05, 4.69) is 16.4 Å². The first kappa shape index (κ1) is 16.0. The van der Waals surface area contributed by atoms with Crippen molar-refractivity contribution in [3.05, 3.63) is 64.1 Å². The van der Waals surface area contributed by atoms with Crippen LogP contribution in [-0.2, 0) is 19.4 Å². The van der Waals surface area contributed by atoms with Crippen LogP contribution in [-0.4, -0.2) is 21.9 Å². The molecule has 0 atom stereocenters. The molecular weight excluding hydrogens is 338 g/mol. The second-order valence-corrected chi connectivity index (χ2v) is 6.50. The van der Waals surface area contributed by atoms with E-state index in [4.69, 9.17) is 16.3 Å². The molecule has 5 nitrogen and oxygen atoms in total. The highest BCUT2D eigenvalue weighted by Crippen LogP contribution is 2.26. The van der Waals surface area contributed by atoms with Crippen molar-refractivity contribution >= 4 is 23.2 Å². The Morgan fingerprint density at radius 3 is 3.08 bits per heavy atom. The highest BCUT2D eigenvalue weighted by Gasteiger charge is 2.19. The van der Waals surface area contributed by atoms with E-state index in [0.717, 1.165) is 35.7 Å². The van der Waals surface area contributed by atoms with Gasteiger partial charge in [-0.2, -0.15) is 0 Å². The number of carbonyl (C=O) groups excluding carboxylic acids is 1. The Balaban J connectivity index is 1.58. The molecule has 0 saturated heterocycles. The number of nitrogens with one attached hydrogen (secondary N) is 1. The highest BCUT2D eigenvalue weighted by molar-refractivity contribution is 6.30. The number of hydrogen-bond acceptors (Lipinski definition) is 3. The van der Waals surface area contributed by atoms with Crippen LogP contribution in [0.25, 0.3) is 5.65 Å². The van der Waals surface area contributed by atoms with Gasteiger partial charge in [0.2, 0.25) is 0 Å². The molecule has 0 radical (unpaired) electrons. The summed E-state index contributed by atoms with van der Waals surface area (Å²) in [6.45, 7) is 3.18. The number of ether oxygens (including phenoxy) is 1. The average Bonchev–Trinajstić information content (AvgIpc) is 3.22. The van der Waals surface area contributed by atoms with Crippen molar-refractivity contribution < 1.29 is 9.53 Å². The van der Waals surface area contributed by atoms with Crippen molar-refractivity contribution in [1.29, 1.82) is 0 Å². The molecule has 1 aromatic carbocycles. The first-order valence-electron chi connectivity index (χ1n) is 8.35. The fourth-order valence-electron chi connectivity index (χ4n) is 3.17. The number of halogens is 1. The Labute approximate surface area is 150 Å². The Hall–Kier alpha value is -2.53. The Kier molecular flexibility index (Phi) is 4.09. The van der Waals surface area contributed by atoms with Crippen molar-refractivity contribution in [3.63, 3.8) is 0 Å². The highest BCUT2D eigenvalue weighted by atomic mass is 35.5. The zero-order valence-corrected chi connectivity index (χ0v) is 14.6. The summed E-state index contributed by atoms with van der Waals surface area (Å²) < 4.78 is 7.27. The van der Waals surface area contributed by atoms with E-state index in [1.165, 1.54) is 5.56 Å². The number of carbonyl (C=O) groups is 1. The SMILES string of the molecule is CCc1nc2ccc(Cl)cn2c1C(=O)NCc1ccc2c(c1)CCO2. The van der Waals surface area contributed by atoms with Crippen molar-refractivity contribution in [2.75, 3.05) is 6.61 Å². The summed E-state index contributed by atoms with van der Waals surface area (Å²) in [7, 11) is 0. The molecule has 1 amide bonds. The number of hydrogen-bond donors (Lipinski definition) is 1. The van der Waals surface area contributed by atoms with Gasteiger partial charge < -0.3 is 10.1 Å². The Morgan fingerprint density at radius 1 is 1.36 bits per heavy atom. The smallest absolute Gasteiger partial charge is 0.270 e. The van der Waals surface area contributed by atoms with Crippen molar-refractivity contribution in [1.82, 2.24) is 14.7 Å². The van der Waals surface area contributed by atoms with E-state index in [0.29, 0.717) is 23.7 Å². The quantitative estimate of drug-likeness (QED) is 0.780.